The smallest absolute Gasteiger partial charge is 0.220 e. The van der Waals surface area contributed by atoms with E-state index in [0.29, 0.717) is 12.8 Å². The Kier molecular flexibility index (Phi) is 43.8. The van der Waals surface area contributed by atoms with Crippen molar-refractivity contribution in [3.8, 4) is 0 Å². The van der Waals surface area contributed by atoms with Crippen LogP contribution < -0.4 is 5.32 Å². The van der Waals surface area contributed by atoms with Crippen LogP contribution in [0.4, 0.5) is 0 Å². The topological polar surface area (TPSA) is 69.6 Å². The van der Waals surface area contributed by atoms with Crippen molar-refractivity contribution >= 4 is 5.91 Å². The van der Waals surface area contributed by atoms with Crippen LogP contribution in [0, 0.1) is 0 Å². The molecule has 0 saturated heterocycles. The van der Waals surface area contributed by atoms with Crippen LogP contribution in [-0.4, -0.2) is 34.9 Å². The van der Waals surface area contributed by atoms with Crippen LogP contribution in [0.2, 0.25) is 0 Å². The predicted molar refractivity (Wildman–Crippen MR) is 230 cm³/mol. The molecule has 0 bridgehead atoms. The zero-order valence-corrected chi connectivity index (χ0v) is 35.6. The van der Waals surface area contributed by atoms with E-state index in [0.717, 1.165) is 25.7 Å². The highest BCUT2D eigenvalue weighted by Crippen LogP contribution is 2.16. The Bertz CT molecular complexity index is 710. The minimum Gasteiger partial charge on any atom is -0.394 e. The maximum absolute atomic E-state index is 12.4. The zero-order chi connectivity index (χ0) is 37.8. The van der Waals surface area contributed by atoms with Crippen molar-refractivity contribution in [1.82, 2.24) is 5.32 Å². The van der Waals surface area contributed by atoms with Gasteiger partial charge in [-0.15, -0.1) is 0 Å². The molecule has 1 amide bonds. The summed E-state index contributed by atoms with van der Waals surface area (Å²) in [6, 6.07) is -0.531. The second kappa shape index (κ2) is 44.5. The van der Waals surface area contributed by atoms with Crippen LogP contribution in [-0.2, 0) is 4.79 Å². The van der Waals surface area contributed by atoms with Crippen molar-refractivity contribution in [2.24, 2.45) is 0 Å². The van der Waals surface area contributed by atoms with E-state index in [4.69, 9.17) is 0 Å². The molecule has 0 aromatic rings. The summed E-state index contributed by atoms with van der Waals surface area (Å²) >= 11 is 0. The molecule has 0 spiro atoms. The zero-order valence-electron chi connectivity index (χ0n) is 35.6. The van der Waals surface area contributed by atoms with Crippen molar-refractivity contribution in [1.29, 1.82) is 0 Å². The van der Waals surface area contributed by atoms with Crippen LogP contribution in [0.15, 0.2) is 12.2 Å². The van der Waals surface area contributed by atoms with E-state index in [1.54, 1.807) is 0 Å². The lowest BCUT2D eigenvalue weighted by atomic mass is 10.0. The summed E-state index contributed by atoms with van der Waals surface area (Å²) in [4.78, 5) is 12.4. The summed E-state index contributed by atoms with van der Waals surface area (Å²) in [6.07, 6.45) is 56.0. The van der Waals surface area contributed by atoms with Crippen molar-refractivity contribution in [3.63, 3.8) is 0 Å². The number of amides is 1. The molecule has 4 nitrogen and oxygen atoms in total. The number of carbonyl (C=O) groups is 1. The third kappa shape index (κ3) is 40.3. The predicted octanol–water partition coefficient (Wildman–Crippen LogP) is 15.0. The molecule has 0 rings (SSSR count). The van der Waals surface area contributed by atoms with Gasteiger partial charge in [0.25, 0.3) is 0 Å². The molecule has 0 saturated carbocycles. The van der Waals surface area contributed by atoms with Gasteiger partial charge < -0.3 is 15.5 Å². The Morgan fingerprint density at radius 2 is 0.731 bits per heavy atom. The third-order valence-corrected chi connectivity index (χ3v) is 11.3. The first kappa shape index (κ1) is 51.1. The fraction of sp³-hybridized carbons (Fsp3) is 0.938. The van der Waals surface area contributed by atoms with Crippen LogP contribution in [0.5, 0.6) is 0 Å². The largest absolute Gasteiger partial charge is 0.394 e. The highest BCUT2D eigenvalue weighted by molar-refractivity contribution is 5.76. The maximum atomic E-state index is 12.4. The second-order valence-electron chi connectivity index (χ2n) is 16.5. The number of hydrogen-bond donors (Lipinski definition) is 3. The molecule has 0 aromatic heterocycles. The van der Waals surface area contributed by atoms with Gasteiger partial charge in [0.2, 0.25) is 5.91 Å². The van der Waals surface area contributed by atoms with E-state index in [9.17, 15) is 15.0 Å². The lowest BCUT2D eigenvalue weighted by Gasteiger charge is -2.22. The second-order valence-corrected chi connectivity index (χ2v) is 16.5. The van der Waals surface area contributed by atoms with Crippen molar-refractivity contribution in [3.05, 3.63) is 12.2 Å². The van der Waals surface area contributed by atoms with Gasteiger partial charge >= 0.3 is 0 Å². The average Bonchev–Trinajstić information content (AvgIpc) is 3.15. The van der Waals surface area contributed by atoms with E-state index in [1.807, 2.05) is 0 Å². The molecule has 4 heteroatoms. The molecule has 52 heavy (non-hydrogen) atoms. The fourth-order valence-electron chi connectivity index (χ4n) is 7.59. The fourth-order valence-corrected chi connectivity index (χ4v) is 7.59. The Balaban J connectivity index is 3.40. The van der Waals surface area contributed by atoms with Gasteiger partial charge in [0.15, 0.2) is 0 Å². The summed E-state index contributed by atoms with van der Waals surface area (Å²) in [5.74, 6) is -0.0291. The molecule has 0 fully saturated rings. The van der Waals surface area contributed by atoms with Crippen LogP contribution in [0.3, 0.4) is 0 Å². The van der Waals surface area contributed by atoms with Crippen LogP contribution >= 0.6 is 0 Å². The Labute approximate surface area is 327 Å². The van der Waals surface area contributed by atoms with Gasteiger partial charge in [-0.25, -0.2) is 0 Å². The van der Waals surface area contributed by atoms with E-state index >= 15 is 0 Å². The number of aliphatic hydroxyl groups excluding tert-OH is 2. The molecule has 3 N–H and O–H groups in total. The molecule has 0 aliphatic carbocycles. The first-order chi connectivity index (χ1) is 25.7. The van der Waals surface area contributed by atoms with Gasteiger partial charge in [-0.2, -0.15) is 0 Å². The summed E-state index contributed by atoms with van der Waals surface area (Å²) in [5, 5.41) is 23.1. The standard InChI is InChI=1S/C48H95NO3/c1-3-5-7-9-11-13-15-16-17-18-19-20-21-22-23-24-25-26-27-28-29-30-31-32-34-36-38-40-42-44-48(52)49-46(45-50)47(51)43-41-39-37-35-33-14-12-10-8-6-4-2/h22-23,46-47,50-51H,3-21,24-45H2,1-2H3,(H,49,52)/b23-22-. The van der Waals surface area contributed by atoms with E-state index < -0.39 is 12.1 Å². The Morgan fingerprint density at radius 3 is 1.06 bits per heavy atom. The van der Waals surface area contributed by atoms with E-state index in [-0.39, 0.29) is 12.5 Å². The quantitative estimate of drug-likeness (QED) is 0.0431. The Morgan fingerprint density at radius 1 is 0.442 bits per heavy atom. The molecule has 0 aliphatic rings. The number of hydrogen-bond acceptors (Lipinski definition) is 3. The van der Waals surface area contributed by atoms with Crippen molar-refractivity contribution in [2.75, 3.05) is 6.61 Å². The number of carbonyl (C=O) groups excluding carboxylic acids is 1. The highest BCUT2D eigenvalue weighted by atomic mass is 16.3. The normalized spacial score (nSPS) is 12.9. The molecule has 0 aliphatic heterocycles. The third-order valence-electron chi connectivity index (χ3n) is 11.3. The summed E-state index contributed by atoms with van der Waals surface area (Å²) < 4.78 is 0. The molecule has 0 heterocycles. The molecule has 0 aromatic carbocycles. The summed E-state index contributed by atoms with van der Waals surface area (Å²) in [6.45, 7) is 4.37. The highest BCUT2D eigenvalue weighted by Gasteiger charge is 2.20. The van der Waals surface area contributed by atoms with E-state index in [1.165, 1.54) is 218 Å². The lowest BCUT2D eigenvalue weighted by molar-refractivity contribution is -0.123. The molecule has 0 radical (unpaired) electrons. The first-order valence-electron chi connectivity index (χ1n) is 23.9. The van der Waals surface area contributed by atoms with Crippen LogP contribution in [0.1, 0.15) is 271 Å². The molecule has 310 valence electrons. The maximum Gasteiger partial charge on any atom is 0.220 e. The number of aliphatic hydroxyl groups is 2. The lowest BCUT2D eigenvalue weighted by Crippen LogP contribution is -2.45. The number of nitrogens with one attached hydrogen (secondary N) is 1. The summed E-state index contributed by atoms with van der Waals surface area (Å²) in [7, 11) is 0. The summed E-state index contributed by atoms with van der Waals surface area (Å²) in [5.41, 5.74) is 0. The van der Waals surface area contributed by atoms with Crippen molar-refractivity contribution < 1.29 is 15.0 Å². The van der Waals surface area contributed by atoms with Gasteiger partial charge in [-0.1, -0.05) is 238 Å². The number of rotatable bonds is 44. The average molecular weight is 734 g/mol. The Hall–Kier alpha value is -0.870. The van der Waals surface area contributed by atoms with Crippen molar-refractivity contribution in [2.45, 2.75) is 283 Å². The SMILES string of the molecule is CCCCCCCCCCCCCC/C=C\CCCCCCCCCCCCCCCC(=O)NC(CO)C(O)CCCCCCCCCCCCC. The van der Waals surface area contributed by atoms with Gasteiger partial charge in [0.1, 0.15) is 0 Å². The number of unbranched alkanes of at least 4 members (excludes halogenated alkanes) is 35. The van der Waals surface area contributed by atoms with Gasteiger partial charge in [-0.3, -0.25) is 4.79 Å². The van der Waals surface area contributed by atoms with Crippen LogP contribution in [0.25, 0.3) is 0 Å². The van der Waals surface area contributed by atoms with E-state index in [2.05, 4.69) is 31.3 Å². The minimum absolute atomic E-state index is 0.0291. The van der Waals surface area contributed by atoms with Gasteiger partial charge in [0.05, 0.1) is 18.8 Å². The number of allylic oxidation sites excluding steroid dienone is 2. The van der Waals surface area contributed by atoms with Gasteiger partial charge in [-0.05, 0) is 38.5 Å². The minimum atomic E-state index is -0.654. The first-order valence-corrected chi connectivity index (χ1v) is 23.9. The molecular formula is C48H95NO3. The molecular weight excluding hydrogens is 639 g/mol. The molecule has 2 unspecified atom stereocenters. The molecule has 2 atom stereocenters. The monoisotopic (exact) mass is 734 g/mol. The van der Waals surface area contributed by atoms with Gasteiger partial charge in [0, 0.05) is 6.42 Å².